The Morgan fingerprint density at radius 2 is 1.75 bits per heavy atom. The van der Waals surface area contributed by atoms with Crippen molar-refractivity contribution in [2.45, 2.75) is 13.1 Å². The van der Waals surface area contributed by atoms with Crippen molar-refractivity contribution in [1.29, 1.82) is 0 Å². The standard InChI is InChI=1S/C20H23N3O/c1-23(2)20-11-8-15(13-22-20)12-21-14-16-9-10-19(24-3)18-7-5-4-6-17(16)18/h4-11,13,21H,12,14H2,1-3H3. The molecule has 3 rings (SSSR count). The van der Waals surface area contributed by atoms with Crippen molar-refractivity contribution < 1.29 is 4.74 Å². The molecule has 3 aromatic rings. The SMILES string of the molecule is COc1ccc(CNCc2ccc(N(C)C)nc2)c2ccccc12. The van der Waals surface area contributed by atoms with E-state index in [4.69, 9.17) is 4.74 Å². The van der Waals surface area contributed by atoms with E-state index < -0.39 is 0 Å². The van der Waals surface area contributed by atoms with Crippen molar-refractivity contribution in [3.63, 3.8) is 0 Å². The molecule has 0 radical (unpaired) electrons. The minimum atomic E-state index is 0.793. The van der Waals surface area contributed by atoms with Crippen LogP contribution >= 0.6 is 0 Å². The number of benzene rings is 2. The molecule has 0 unspecified atom stereocenters. The predicted molar refractivity (Wildman–Crippen MR) is 99.6 cm³/mol. The molecule has 1 N–H and O–H groups in total. The van der Waals surface area contributed by atoms with Crippen LogP contribution in [0.1, 0.15) is 11.1 Å². The third-order valence-electron chi connectivity index (χ3n) is 4.11. The van der Waals surface area contributed by atoms with Crippen LogP contribution in [-0.4, -0.2) is 26.2 Å². The first-order valence-electron chi connectivity index (χ1n) is 8.06. The quantitative estimate of drug-likeness (QED) is 0.753. The van der Waals surface area contributed by atoms with Crippen molar-refractivity contribution in [1.82, 2.24) is 10.3 Å². The van der Waals surface area contributed by atoms with Gasteiger partial charge in [0.15, 0.2) is 0 Å². The van der Waals surface area contributed by atoms with Gasteiger partial charge in [0.05, 0.1) is 7.11 Å². The number of nitrogens with zero attached hydrogens (tertiary/aromatic N) is 2. The first-order chi connectivity index (χ1) is 11.7. The van der Waals surface area contributed by atoms with E-state index in [1.54, 1.807) is 7.11 Å². The first-order valence-corrected chi connectivity index (χ1v) is 8.06. The van der Waals surface area contributed by atoms with E-state index >= 15 is 0 Å². The number of ether oxygens (including phenoxy) is 1. The Bertz CT molecular complexity index is 813. The summed E-state index contributed by atoms with van der Waals surface area (Å²) < 4.78 is 5.45. The molecule has 2 aromatic carbocycles. The molecule has 24 heavy (non-hydrogen) atoms. The van der Waals surface area contributed by atoms with Crippen molar-refractivity contribution >= 4 is 16.6 Å². The van der Waals surface area contributed by atoms with Gasteiger partial charge in [0.25, 0.3) is 0 Å². The molecule has 0 aliphatic carbocycles. The van der Waals surface area contributed by atoms with Gasteiger partial charge in [0.1, 0.15) is 11.6 Å². The zero-order valence-corrected chi connectivity index (χ0v) is 14.4. The van der Waals surface area contributed by atoms with Crippen LogP contribution in [0.4, 0.5) is 5.82 Å². The average Bonchev–Trinajstić information content (AvgIpc) is 2.62. The highest BCUT2D eigenvalue weighted by Gasteiger charge is 2.06. The van der Waals surface area contributed by atoms with E-state index in [9.17, 15) is 0 Å². The number of fused-ring (bicyclic) bond motifs is 1. The fraction of sp³-hybridized carbons (Fsp3) is 0.250. The Hall–Kier alpha value is -2.59. The van der Waals surface area contributed by atoms with Crippen LogP contribution in [-0.2, 0) is 13.1 Å². The molecule has 0 atom stereocenters. The van der Waals surface area contributed by atoms with E-state index in [1.165, 1.54) is 16.5 Å². The second kappa shape index (κ2) is 7.32. The van der Waals surface area contributed by atoms with E-state index in [0.29, 0.717) is 0 Å². The number of pyridine rings is 1. The number of aromatic nitrogens is 1. The zero-order chi connectivity index (χ0) is 16.9. The molecule has 0 fully saturated rings. The van der Waals surface area contributed by atoms with E-state index in [2.05, 4.69) is 40.6 Å². The summed E-state index contributed by atoms with van der Waals surface area (Å²) in [6.07, 6.45) is 1.93. The maximum absolute atomic E-state index is 5.45. The highest BCUT2D eigenvalue weighted by Crippen LogP contribution is 2.28. The van der Waals surface area contributed by atoms with Crippen molar-refractivity contribution in [3.05, 3.63) is 65.9 Å². The summed E-state index contributed by atoms with van der Waals surface area (Å²) in [4.78, 5) is 6.45. The lowest BCUT2D eigenvalue weighted by Gasteiger charge is -2.13. The number of rotatable bonds is 6. The lowest BCUT2D eigenvalue weighted by atomic mass is 10.0. The normalized spacial score (nSPS) is 10.8. The van der Waals surface area contributed by atoms with Gasteiger partial charge in [-0.15, -0.1) is 0 Å². The van der Waals surface area contributed by atoms with Crippen molar-refractivity contribution in [2.75, 3.05) is 26.1 Å². The number of methoxy groups -OCH3 is 1. The molecule has 0 aliphatic rings. The summed E-state index contributed by atoms with van der Waals surface area (Å²) in [6.45, 7) is 1.60. The van der Waals surface area contributed by atoms with Crippen LogP contribution < -0.4 is 15.0 Å². The molecule has 0 bridgehead atoms. The minimum absolute atomic E-state index is 0.793. The summed E-state index contributed by atoms with van der Waals surface area (Å²) in [5, 5.41) is 5.88. The average molecular weight is 321 g/mol. The van der Waals surface area contributed by atoms with Crippen molar-refractivity contribution in [3.8, 4) is 5.75 Å². The summed E-state index contributed by atoms with van der Waals surface area (Å²) in [7, 11) is 5.70. The molecule has 124 valence electrons. The number of hydrogen-bond acceptors (Lipinski definition) is 4. The summed E-state index contributed by atoms with van der Waals surface area (Å²) in [6, 6.07) is 16.7. The van der Waals surface area contributed by atoms with E-state index in [-0.39, 0.29) is 0 Å². The molecule has 4 nitrogen and oxygen atoms in total. The van der Waals surface area contributed by atoms with Crippen LogP contribution in [0.2, 0.25) is 0 Å². The van der Waals surface area contributed by atoms with Gasteiger partial charge in [-0.1, -0.05) is 36.4 Å². The second-order valence-electron chi connectivity index (χ2n) is 6.00. The van der Waals surface area contributed by atoms with Gasteiger partial charge in [0, 0.05) is 38.8 Å². The Balaban J connectivity index is 1.70. The Kier molecular flexibility index (Phi) is 4.96. The highest BCUT2D eigenvalue weighted by molar-refractivity contribution is 5.91. The molecule has 0 saturated carbocycles. The topological polar surface area (TPSA) is 37.4 Å². The third-order valence-corrected chi connectivity index (χ3v) is 4.11. The molecule has 4 heteroatoms. The highest BCUT2D eigenvalue weighted by atomic mass is 16.5. The summed E-state index contributed by atoms with van der Waals surface area (Å²) in [5.74, 6) is 1.89. The molecule has 0 saturated heterocycles. The van der Waals surface area contributed by atoms with Crippen LogP contribution in [0.15, 0.2) is 54.7 Å². The zero-order valence-electron chi connectivity index (χ0n) is 14.4. The van der Waals surface area contributed by atoms with Gasteiger partial charge in [-0.2, -0.15) is 0 Å². The predicted octanol–water partition coefficient (Wildman–Crippen LogP) is 3.60. The summed E-state index contributed by atoms with van der Waals surface area (Å²) in [5.41, 5.74) is 2.45. The number of hydrogen-bond donors (Lipinski definition) is 1. The molecule has 1 heterocycles. The lowest BCUT2D eigenvalue weighted by molar-refractivity contribution is 0.419. The smallest absolute Gasteiger partial charge is 0.127 e. The van der Waals surface area contributed by atoms with Crippen LogP contribution in [0.25, 0.3) is 10.8 Å². The fourth-order valence-corrected chi connectivity index (χ4v) is 2.79. The Labute approximate surface area is 143 Å². The molecular weight excluding hydrogens is 298 g/mol. The van der Waals surface area contributed by atoms with Gasteiger partial charge < -0.3 is 15.0 Å². The second-order valence-corrected chi connectivity index (χ2v) is 6.00. The number of anilines is 1. The van der Waals surface area contributed by atoms with Gasteiger partial charge in [-0.05, 0) is 28.6 Å². The summed E-state index contributed by atoms with van der Waals surface area (Å²) >= 11 is 0. The van der Waals surface area contributed by atoms with Crippen LogP contribution in [0.3, 0.4) is 0 Å². The van der Waals surface area contributed by atoms with Gasteiger partial charge in [-0.3, -0.25) is 0 Å². The van der Waals surface area contributed by atoms with E-state index in [1.807, 2.05) is 43.4 Å². The monoisotopic (exact) mass is 321 g/mol. The van der Waals surface area contributed by atoms with Gasteiger partial charge in [-0.25, -0.2) is 4.98 Å². The molecule has 0 spiro atoms. The van der Waals surface area contributed by atoms with Crippen LogP contribution in [0, 0.1) is 0 Å². The van der Waals surface area contributed by atoms with E-state index in [0.717, 1.165) is 30.0 Å². The first kappa shape index (κ1) is 16.3. The van der Waals surface area contributed by atoms with Crippen LogP contribution in [0.5, 0.6) is 5.75 Å². The molecule has 0 aliphatic heterocycles. The maximum Gasteiger partial charge on any atom is 0.127 e. The maximum atomic E-state index is 5.45. The Morgan fingerprint density at radius 1 is 0.958 bits per heavy atom. The molecule has 1 aromatic heterocycles. The van der Waals surface area contributed by atoms with Gasteiger partial charge in [0.2, 0.25) is 0 Å². The lowest BCUT2D eigenvalue weighted by Crippen LogP contribution is -2.14. The fourth-order valence-electron chi connectivity index (χ4n) is 2.79. The Morgan fingerprint density at radius 3 is 2.42 bits per heavy atom. The third kappa shape index (κ3) is 3.49. The molecule has 0 amide bonds. The van der Waals surface area contributed by atoms with Crippen molar-refractivity contribution in [2.24, 2.45) is 0 Å². The molecular formula is C20H23N3O. The number of nitrogens with one attached hydrogen (secondary N) is 1. The minimum Gasteiger partial charge on any atom is -0.496 e. The van der Waals surface area contributed by atoms with Gasteiger partial charge >= 0.3 is 0 Å². The largest absolute Gasteiger partial charge is 0.496 e.